The Hall–Kier alpha value is -2.96. The monoisotopic (exact) mass is 284 g/mol. The minimum Gasteiger partial charge on any atom is -0.478 e. The second-order valence-electron chi connectivity index (χ2n) is 4.68. The van der Waals surface area contributed by atoms with E-state index in [2.05, 4.69) is 10.2 Å². The van der Waals surface area contributed by atoms with Crippen molar-refractivity contribution in [1.82, 2.24) is 9.78 Å². The molecule has 1 aliphatic rings. The number of hydrogen-bond acceptors (Lipinski definition) is 4. The van der Waals surface area contributed by atoms with Crippen LogP contribution in [-0.4, -0.2) is 32.5 Å². The van der Waals surface area contributed by atoms with Gasteiger partial charge >= 0.3 is 5.97 Å². The summed E-state index contributed by atoms with van der Waals surface area (Å²) < 4.78 is 1.65. The standard InChI is InChI=1S/C14H12N4O3/c1-17-8-10(7-15-17)12-6-13(19)18(16-12)11-4-2-9(3-5-11)14(20)21/h2-5,7-8H,6H2,1H3,(H,20,21). The zero-order valence-corrected chi connectivity index (χ0v) is 11.2. The van der Waals surface area contributed by atoms with E-state index in [0.717, 1.165) is 5.56 Å². The number of aryl methyl sites for hydroxylation is 1. The van der Waals surface area contributed by atoms with Crippen molar-refractivity contribution in [3.05, 3.63) is 47.8 Å². The lowest BCUT2D eigenvalue weighted by molar-refractivity contribution is -0.116. The lowest BCUT2D eigenvalue weighted by atomic mass is 10.1. The molecule has 21 heavy (non-hydrogen) atoms. The van der Waals surface area contributed by atoms with Crippen LogP contribution in [0.2, 0.25) is 0 Å². The summed E-state index contributed by atoms with van der Waals surface area (Å²) in [6.45, 7) is 0. The van der Waals surface area contributed by atoms with Crippen molar-refractivity contribution in [2.24, 2.45) is 12.1 Å². The normalized spacial score (nSPS) is 14.4. The molecule has 2 aromatic rings. The number of benzene rings is 1. The van der Waals surface area contributed by atoms with Crippen LogP contribution in [0.3, 0.4) is 0 Å². The summed E-state index contributed by atoms with van der Waals surface area (Å²) >= 11 is 0. The Morgan fingerprint density at radius 3 is 2.57 bits per heavy atom. The summed E-state index contributed by atoms with van der Waals surface area (Å²) in [5.41, 5.74) is 2.16. The molecule has 0 bridgehead atoms. The quantitative estimate of drug-likeness (QED) is 0.919. The molecule has 0 saturated carbocycles. The van der Waals surface area contributed by atoms with Crippen molar-refractivity contribution in [3.63, 3.8) is 0 Å². The van der Waals surface area contributed by atoms with E-state index in [4.69, 9.17) is 5.11 Å². The molecule has 0 aliphatic carbocycles. The molecule has 1 aromatic carbocycles. The number of aromatic carboxylic acids is 1. The summed E-state index contributed by atoms with van der Waals surface area (Å²) in [6.07, 6.45) is 3.65. The van der Waals surface area contributed by atoms with Crippen LogP contribution in [0.4, 0.5) is 5.69 Å². The van der Waals surface area contributed by atoms with Gasteiger partial charge in [0.05, 0.1) is 29.6 Å². The van der Waals surface area contributed by atoms with Crippen LogP contribution in [-0.2, 0) is 11.8 Å². The summed E-state index contributed by atoms with van der Waals surface area (Å²) in [4.78, 5) is 22.9. The summed E-state index contributed by atoms with van der Waals surface area (Å²) in [5, 5.41) is 18.5. The minimum absolute atomic E-state index is 0.156. The molecular weight excluding hydrogens is 272 g/mol. The topological polar surface area (TPSA) is 87.8 Å². The fourth-order valence-electron chi connectivity index (χ4n) is 2.11. The molecule has 0 radical (unpaired) electrons. The van der Waals surface area contributed by atoms with Crippen LogP contribution < -0.4 is 5.01 Å². The van der Waals surface area contributed by atoms with E-state index in [-0.39, 0.29) is 17.9 Å². The molecule has 106 valence electrons. The maximum atomic E-state index is 12.1. The Kier molecular flexibility index (Phi) is 3.02. The van der Waals surface area contributed by atoms with Gasteiger partial charge in [-0.05, 0) is 24.3 Å². The summed E-state index contributed by atoms with van der Waals surface area (Å²) in [6, 6.07) is 6.03. The van der Waals surface area contributed by atoms with Crippen molar-refractivity contribution in [2.75, 3.05) is 5.01 Å². The van der Waals surface area contributed by atoms with E-state index in [9.17, 15) is 9.59 Å². The Balaban J connectivity index is 1.89. The Morgan fingerprint density at radius 2 is 2.00 bits per heavy atom. The second kappa shape index (κ2) is 4.86. The van der Waals surface area contributed by atoms with Crippen LogP contribution in [0.1, 0.15) is 22.3 Å². The number of carboxylic acid groups (broad SMARTS) is 1. The van der Waals surface area contributed by atoms with Crippen LogP contribution in [0, 0.1) is 0 Å². The maximum absolute atomic E-state index is 12.1. The molecule has 0 unspecified atom stereocenters. The third kappa shape index (κ3) is 2.40. The van der Waals surface area contributed by atoms with Crippen molar-refractivity contribution in [3.8, 4) is 0 Å². The molecule has 2 heterocycles. The number of carboxylic acids is 1. The highest BCUT2D eigenvalue weighted by Crippen LogP contribution is 2.23. The average molecular weight is 284 g/mol. The molecule has 3 rings (SSSR count). The van der Waals surface area contributed by atoms with Gasteiger partial charge in [-0.25, -0.2) is 9.80 Å². The van der Waals surface area contributed by atoms with Crippen LogP contribution in [0.25, 0.3) is 0 Å². The third-order valence-electron chi connectivity index (χ3n) is 3.17. The highest BCUT2D eigenvalue weighted by atomic mass is 16.4. The smallest absolute Gasteiger partial charge is 0.335 e. The predicted octanol–water partition coefficient (Wildman–Crippen LogP) is 1.26. The number of hydrogen-bond donors (Lipinski definition) is 1. The number of aromatic nitrogens is 2. The van der Waals surface area contributed by atoms with Crippen molar-refractivity contribution in [2.45, 2.75) is 6.42 Å². The fourth-order valence-corrected chi connectivity index (χ4v) is 2.11. The number of carbonyl (C=O) groups is 2. The maximum Gasteiger partial charge on any atom is 0.335 e. The molecule has 1 N–H and O–H groups in total. The van der Waals surface area contributed by atoms with E-state index >= 15 is 0 Å². The molecule has 1 aliphatic heterocycles. The van der Waals surface area contributed by atoms with E-state index in [0.29, 0.717) is 11.4 Å². The first-order valence-electron chi connectivity index (χ1n) is 6.27. The van der Waals surface area contributed by atoms with E-state index in [1.807, 2.05) is 0 Å². The van der Waals surface area contributed by atoms with E-state index in [1.54, 1.807) is 36.3 Å². The molecule has 0 fully saturated rings. The molecule has 0 spiro atoms. The first-order chi connectivity index (χ1) is 10.0. The van der Waals surface area contributed by atoms with Crippen LogP contribution >= 0.6 is 0 Å². The Morgan fingerprint density at radius 1 is 1.29 bits per heavy atom. The lowest BCUT2D eigenvalue weighted by Gasteiger charge is -2.11. The Bertz CT molecular complexity index is 746. The van der Waals surface area contributed by atoms with Gasteiger partial charge in [0.15, 0.2) is 0 Å². The molecule has 1 aromatic heterocycles. The SMILES string of the molecule is Cn1cc(C2=NN(c3ccc(C(=O)O)cc3)C(=O)C2)cn1. The van der Waals surface area contributed by atoms with Crippen LogP contribution in [0.15, 0.2) is 41.8 Å². The first kappa shape index (κ1) is 13.0. The van der Waals surface area contributed by atoms with Crippen LogP contribution in [0.5, 0.6) is 0 Å². The number of anilines is 1. The number of carbonyl (C=O) groups excluding carboxylic acids is 1. The fraction of sp³-hybridized carbons (Fsp3) is 0.143. The highest BCUT2D eigenvalue weighted by Gasteiger charge is 2.26. The average Bonchev–Trinajstić information content (AvgIpc) is 3.05. The molecule has 0 atom stereocenters. The van der Waals surface area contributed by atoms with Gasteiger partial charge in [0.25, 0.3) is 5.91 Å². The van der Waals surface area contributed by atoms with Gasteiger partial charge in [-0.2, -0.15) is 10.2 Å². The third-order valence-corrected chi connectivity index (χ3v) is 3.17. The van der Waals surface area contributed by atoms with Crippen molar-refractivity contribution >= 4 is 23.3 Å². The van der Waals surface area contributed by atoms with Gasteiger partial charge in [0.2, 0.25) is 0 Å². The number of amides is 1. The molecule has 7 nitrogen and oxygen atoms in total. The largest absolute Gasteiger partial charge is 0.478 e. The van der Waals surface area contributed by atoms with Gasteiger partial charge in [0, 0.05) is 18.8 Å². The van der Waals surface area contributed by atoms with Crippen molar-refractivity contribution < 1.29 is 14.7 Å². The van der Waals surface area contributed by atoms with E-state index in [1.165, 1.54) is 17.1 Å². The predicted molar refractivity (Wildman–Crippen MR) is 75.2 cm³/mol. The lowest BCUT2D eigenvalue weighted by Crippen LogP contribution is -2.19. The number of rotatable bonds is 3. The first-order valence-corrected chi connectivity index (χ1v) is 6.27. The van der Waals surface area contributed by atoms with Gasteiger partial charge in [0.1, 0.15) is 0 Å². The molecule has 1 amide bonds. The van der Waals surface area contributed by atoms with Gasteiger partial charge in [-0.15, -0.1) is 0 Å². The van der Waals surface area contributed by atoms with Gasteiger partial charge < -0.3 is 5.11 Å². The van der Waals surface area contributed by atoms with Crippen molar-refractivity contribution in [1.29, 1.82) is 0 Å². The summed E-state index contributed by atoms with van der Waals surface area (Å²) in [5.74, 6) is -1.16. The number of hydrazone groups is 1. The second-order valence-corrected chi connectivity index (χ2v) is 4.68. The molecular formula is C14H12N4O3. The highest BCUT2D eigenvalue weighted by molar-refractivity contribution is 6.19. The molecule has 7 heteroatoms. The molecule has 0 saturated heterocycles. The minimum atomic E-state index is -1.01. The zero-order valence-electron chi connectivity index (χ0n) is 11.2. The summed E-state index contributed by atoms with van der Waals surface area (Å²) in [7, 11) is 1.79. The van der Waals surface area contributed by atoms with E-state index < -0.39 is 5.97 Å². The zero-order chi connectivity index (χ0) is 15.0. The number of nitrogens with zero attached hydrogens (tertiary/aromatic N) is 4. The Labute approximate surface area is 120 Å². The van der Waals surface area contributed by atoms with Gasteiger partial charge in [-0.1, -0.05) is 0 Å². The van der Waals surface area contributed by atoms with Gasteiger partial charge in [-0.3, -0.25) is 9.48 Å².